The van der Waals surface area contributed by atoms with Crippen LogP contribution in [0.4, 0.5) is 5.82 Å². The highest BCUT2D eigenvalue weighted by molar-refractivity contribution is 6.27. The first-order valence-corrected chi connectivity index (χ1v) is 14.5. The van der Waals surface area contributed by atoms with E-state index >= 15 is 0 Å². The molecule has 5 N–H and O–H groups in total. The van der Waals surface area contributed by atoms with Gasteiger partial charge in [-0.2, -0.15) is 9.61 Å². The fourth-order valence-corrected chi connectivity index (χ4v) is 7.14. The molecule has 3 aromatic rings. The van der Waals surface area contributed by atoms with Gasteiger partial charge in [0.25, 0.3) is 0 Å². The maximum Gasteiger partial charge on any atom is 0.184 e. The second kappa shape index (κ2) is 10.7. The number of carbonyl (C=O) groups excluding carboxylic acids is 1. The van der Waals surface area contributed by atoms with E-state index in [-0.39, 0.29) is 5.84 Å². The van der Waals surface area contributed by atoms with Crippen LogP contribution in [-0.2, 0) is 11.2 Å². The fourth-order valence-electron chi connectivity index (χ4n) is 7.14. The lowest BCUT2D eigenvalue weighted by molar-refractivity contribution is -0.102. The van der Waals surface area contributed by atoms with Crippen LogP contribution in [-0.4, -0.2) is 62.1 Å². The number of anilines is 1. The molecule has 0 spiro atoms. The standard InChI is InChI=1S/C27H34N6.C3H5N3O/c1-15-4-3-5-17-10-19(13-29-24(15)17)22-14-30-33-26(28)23(16-6-7-16)25(31-27(22)33)18-11-20-8-9-21(12-18)32(20)2;4-2-6-3(5)1-7/h10,13-16,18,20-21H,3-9,11-12,28H2,1-2H3;1-2H,(H3,4,5,6)/t15?,18?,20-,21?;/m0./s1. The summed E-state index contributed by atoms with van der Waals surface area (Å²) >= 11 is 0. The lowest BCUT2D eigenvalue weighted by atomic mass is 9.85. The molecule has 2 aliphatic heterocycles. The molecule has 1 saturated carbocycles. The maximum atomic E-state index is 9.54. The Kier molecular flexibility index (Phi) is 7.12. The molecule has 40 heavy (non-hydrogen) atoms. The topological polar surface area (TPSA) is 152 Å². The first-order valence-electron chi connectivity index (χ1n) is 14.5. The van der Waals surface area contributed by atoms with Crippen LogP contribution in [0.1, 0.15) is 98.6 Å². The zero-order chi connectivity index (χ0) is 28.0. The number of aryl methyl sites for hydroxylation is 1. The molecule has 4 atom stereocenters. The number of hydrogen-bond donors (Lipinski definition) is 3. The lowest BCUT2D eigenvalue weighted by Crippen LogP contribution is -2.39. The van der Waals surface area contributed by atoms with Gasteiger partial charge in [0, 0.05) is 46.6 Å². The molecule has 0 amide bonds. The number of fused-ring (bicyclic) bond motifs is 4. The van der Waals surface area contributed by atoms with Gasteiger partial charge in [-0.3, -0.25) is 15.2 Å². The predicted octanol–water partition coefficient (Wildman–Crippen LogP) is 4.18. The minimum Gasteiger partial charge on any atom is -0.383 e. The third kappa shape index (κ3) is 4.78. The minimum absolute atomic E-state index is 0.171. The number of nitrogens with one attached hydrogen (secondary N) is 1. The van der Waals surface area contributed by atoms with Gasteiger partial charge >= 0.3 is 0 Å². The molecule has 2 aliphatic carbocycles. The van der Waals surface area contributed by atoms with Crippen LogP contribution in [0.2, 0.25) is 0 Å². The van der Waals surface area contributed by atoms with Gasteiger partial charge in [-0.1, -0.05) is 6.92 Å². The van der Waals surface area contributed by atoms with Crippen molar-refractivity contribution in [3.05, 3.63) is 41.0 Å². The van der Waals surface area contributed by atoms with Crippen molar-refractivity contribution in [1.82, 2.24) is 24.5 Å². The number of aldehydes is 1. The molecule has 0 aromatic carbocycles. The minimum atomic E-state index is -0.171. The normalized spacial score (nSPS) is 26.2. The summed E-state index contributed by atoms with van der Waals surface area (Å²) < 4.78 is 1.90. The summed E-state index contributed by atoms with van der Waals surface area (Å²) in [7, 11) is 2.31. The Labute approximate surface area is 234 Å². The average molecular weight is 542 g/mol. The van der Waals surface area contributed by atoms with Crippen molar-refractivity contribution in [1.29, 1.82) is 5.41 Å². The number of piperidine rings is 1. The summed E-state index contributed by atoms with van der Waals surface area (Å²) in [5.41, 5.74) is 20.0. The van der Waals surface area contributed by atoms with Crippen molar-refractivity contribution in [3.8, 4) is 11.1 Å². The van der Waals surface area contributed by atoms with Crippen LogP contribution in [0.5, 0.6) is 0 Å². The highest BCUT2D eigenvalue weighted by Crippen LogP contribution is 2.50. The van der Waals surface area contributed by atoms with Crippen molar-refractivity contribution in [2.45, 2.75) is 94.5 Å². The van der Waals surface area contributed by atoms with Crippen LogP contribution >= 0.6 is 0 Å². The molecule has 210 valence electrons. The molecule has 3 unspecified atom stereocenters. The van der Waals surface area contributed by atoms with E-state index in [1.807, 2.05) is 16.9 Å². The zero-order valence-corrected chi connectivity index (χ0v) is 23.4. The highest BCUT2D eigenvalue weighted by Gasteiger charge is 2.42. The third-order valence-corrected chi connectivity index (χ3v) is 9.42. The first-order chi connectivity index (χ1) is 19.4. The predicted molar refractivity (Wildman–Crippen MR) is 157 cm³/mol. The Hall–Kier alpha value is -3.66. The van der Waals surface area contributed by atoms with E-state index < -0.39 is 0 Å². The number of aliphatic imine (C=N–C) groups is 1. The Bertz CT molecular complexity index is 1460. The molecule has 3 aromatic heterocycles. The molecule has 0 radical (unpaired) electrons. The van der Waals surface area contributed by atoms with Crippen LogP contribution in [0, 0.1) is 5.41 Å². The summed E-state index contributed by atoms with van der Waals surface area (Å²) in [6, 6.07) is 3.71. The largest absolute Gasteiger partial charge is 0.383 e. The summed E-state index contributed by atoms with van der Waals surface area (Å²) in [6.45, 7) is 2.29. The second-order valence-electron chi connectivity index (χ2n) is 11.9. The van der Waals surface area contributed by atoms with Crippen LogP contribution in [0.15, 0.2) is 23.5 Å². The number of nitrogens with zero attached hydrogens (tertiary/aromatic N) is 6. The molecule has 2 saturated heterocycles. The molecule has 2 bridgehead atoms. The van der Waals surface area contributed by atoms with Crippen molar-refractivity contribution in [2.24, 2.45) is 10.7 Å². The number of amidine groups is 1. The van der Waals surface area contributed by atoms with Gasteiger partial charge in [0.2, 0.25) is 0 Å². The molecular weight excluding hydrogens is 502 g/mol. The van der Waals surface area contributed by atoms with E-state index in [0.717, 1.165) is 29.0 Å². The van der Waals surface area contributed by atoms with E-state index in [0.29, 0.717) is 42.5 Å². The van der Waals surface area contributed by atoms with Crippen molar-refractivity contribution in [3.63, 3.8) is 0 Å². The van der Waals surface area contributed by atoms with Crippen LogP contribution < -0.4 is 11.5 Å². The van der Waals surface area contributed by atoms with Crippen LogP contribution in [0.3, 0.4) is 0 Å². The second-order valence-corrected chi connectivity index (χ2v) is 11.9. The number of aromatic nitrogens is 4. The molecule has 7 rings (SSSR count). The van der Waals surface area contributed by atoms with Gasteiger partial charge in [0.05, 0.1) is 11.9 Å². The number of nitrogens with two attached hydrogens (primary N) is 2. The molecular formula is C30H39N9O. The maximum absolute atomic E-state index is 9.54. The first kappa shape index (κ1) is 26.6. The Morgan fingerprint density at radius 2 is 1.85 bits per heavy atom. The fraction of sp³-hybridized carbons (Fsp3) is 0.533. The highest BCUT2D eigenvalue weighted by atomic mass is 16.1. The van der Waals surface area contributed by atoms with Crippen molar-refractivity contribution in [2.75, 3.05) is 12.8 Å². The number of hydrogen-bond acceptors (Lipinski definition) is 7. The summed E-state index contributed by atoms with van der Waals surface area (Å²) in [5.74, 6) is 2.26. The quantitative estimate of drug-likeness (QED) is 0.249. The zero-order valence-electron chi connectivity index (χ0n) is 23.4. The summed E-state index contributed by atoms with van der Waals surface area (Å²) in [6.07, 6.45) is 16.2. The molecule has 4 aliphatic rings. The Morgan fingerprint density at radius 1 is 1.10 bits per heavy atom. The van der Waals surface area contributed by atoms with Crippen molar-refractivity contribution >= 4 is 29.9 Å². The van der Waals surface area contributed by atoms with Gasteiger partial charge in [0.15, 0.2) is 17.8 Å². The third-order valence-electron chi connectivity index (χ3n) is 9.42. The van der Waals surface area contributed by atoms with Gasteiger partial charge in [-0.25, -0.2) is 9.98 Å². The number of pyridine rings is 1. The van der Waals surface area contributed by atoms with Crippen molar-refractivity contribution < 1.29 is 4.79 Å². The monoisotopic (exact) mass is 541 g/mol. The van der Waals surface area contributed by atoms with E-state index in [9.17, 15) is 4.79 Å². The number of nitrogen functional groups attached to an aromatic ring is 1. The van der Waals surface area contributed by atoms with E-state index in [4.69, 9.17) is 31.9 Å². The Morgan fingerprint density at radius 3 is 2.50 bits per heavy atom. The number of carbonyl (C=O) groups is 1. The smallest absolute Gasteiger partial charge is 0.184 e. The van der Waals surface area contributed by atoms with E-state index in [2.05, 4.69) is 29.9 Å². The average Bonchev–Trinajstić information content (AvgIpc) is 3.67. The number of rotatable bonds is 5. The summed E-state index contributed by atoms with van der Waals surface area (Å²) in [4.78, 5) is 25.5. The Balaban J connectivity index is 0.000000370. The SMILES string of the molecule is CC1CCCc2cc(-c3cnn4c(N)c(C5CC5)c(C5CC6CC[C@@H](C5)N6C)nc34)cnc21.N=CN=C(N)C=O. The van der Waals surface area contributed by atoms with Gasteiger partial charge in [0.1, 0.15) is 12.2 Å². The van der Waals surface area contributed by atoms with Gasteiger partial charge < -0.3 is 16.4 Å². The van der Waals surface area contributed by atoms with E-state index in [1.54, 1.807) is 0 Å². The lowest BCUT2D eigenvalue weighted by Gasteiger charge is -2.36. The molecule has 5 heterocycles. The molecule has 10 heteroatoms. The molecule has 10 nitrogen and oxygen atoms in total. The molecule has 3 fully saturated rings. The van der Waals surface area contributed by atoms with Crippen LogP contribution in [0.25, 0.3) is 16.8 Å². The van der Waals surface area contributed by atoms with Gasteiger partial charge in [-0.05, 0) is 88.3 Å². The van der Waals surface area contributed by atoms with E-state index in [1.165, 1.54) is 73.9 Å². The van der Waals surface area contributed by atoms with Gasteiger partial charge in [-0.15, -0.1) is 0 Å². The summed E-state index contributed by atoms with van der Waals surface area (Å²) in [5, 5.41) is 11.0.